The fourth-order valence-corrected chi connectivity index (χ4v) is 3.38. The molecule has 0 radical (unpaired) electrons. The first-order chi connectivity index (χ1) is 11.2. The Morgan fingerprint density at radius 2 is 1.65 bits per heavy atom. The molecule has 0 bridgehead atoms. The largest absolute Gasteiger partial charge is 0.355 e. The van der Waals surface area contributed by atoms with Crippen LogP contribution in [-0.2, 0) is 23.1 Å². The van der Waals surface area contributed by atoms with Crippen molar-refractivity contribution in [3.63, 3.8) is 0 Å². The van der Waals surface area contributed by atoms with E-state index in [0.29, 0.717) is 0 Å². The third-order valence-corrected chi connectivity index (χ3v) is 4.77. The van der Waals surface area contributed by atoms with Crippen LogP contribution in [0.15, 0.2) is 30.5 Å². The molecular formula is C18H27N3O2. The van der Waals surface area contributed by atoms with Crippen LogP contribution in [0.5, 0.6) is 0 Å². The molecule has 1 aromatic heterocycles. The lowest BCUT2D eigenvalue weighted by Gasteiger charge is -2.35. The number of aryl methyl sites for hydroxylation is 1. The molecule has 1 aromatic carbocycles. The highest BCUT2D eigenvalue weighted by Gasteiger charge is 2.20. The molecule has 0 aliphatic carbocycles. The van der Waals surface area contributed by atoms with Crippen molar-refractivity contribution >= 4 is 10.9 Å². The van der Waals surface area contributed by atoms with Gasteiger partial charge in [0, 0.05) is 77.6 Å². The molecule has 3 rings (SSSR count). The van der Waals surface area contributed by atoms with Gasteiger partial charge in [-0.2, -0.15) is 0 Å². The van der Waals surface area contributed by atoms with Crippen molar-refractivity contribution in [2.24, 2.45) is 7.05 Å². The molecule has 0 saturated carbocycles. The first kappa shape index (κ1) is 16.5. The number of aromatic nitrogens is 1. The predicted octanol–water partition coefficient (Wildman–Crippen LogP) is 1.91. The standard InChI is InChI=1S/C18H27N3O2/c1-19-12-15(16-6-4-5-7-17(16)19)13-20-8-10-21(11-9-20)14-18(22-2)23-3/h4-7,12,18H,8-11,13-14H2,1-3H3. The number of hydrogen-bond donors (Lipinski definition) is 0. The lowest BCUT2D eigenvalue weighted by atomic mass is 10.1. The molecule has 23 heavy (non-hydrogen) atoms. The van der Waals surface area contributed by atoms with Crippen LogP contribution in [-0.4, -0.2) is 67.6 Å². The van der Waals surface area contributed by atoms with Crippen LogP contribution < -0.4 is 0 Å². The van der Waals surface area contributed by atoms with Gasteiger partial charge in [0.05, 0.1) is 0 Å². The summed E-state index contributed by atoms with van der Waals surface area (Å²) >= 11 is 0. The smallest absolute Gasteiger partial charge is 0.169 e. The number of hydrogen-bond acceptors (Lipinski definition) is 4. The molecule has 0 unspecified atom stereocenters. The van der Waals surface area contributed by atoms with Gasteiger partial charge in [0.1, 0.15) is 0 Å². The minimum absolute atomic E-state index is 0.125. The van der Waals surface area contributed by atoms with Crippen LogP contribution >= 0.6 is 0 Å². The van der Waals surface area contributed by atoms with Gasteiger partial charge in [-0.25, -0.2) is 0 Å². The quantitative estimate of drug-likeness (QED) is 0.762. The van der Waals surface area contributed by atoms with E-state index >= 15 is 0 Å². The second kappa shape index (κ2) is 7.45. The maximum Gasteiger partial charge on any atom is 0.169 e. The molecule has 5 nitrogen and oxygen atoms in total. The molecule has 1 saturated heterocycles. The molecular weight excluding hydrogens is 290 g/mol. The van der Waals surface area contributed by atoms with Gasteiger partial charge in [-0.05, 0) is 11.6 Å². The van der Waals surface area contributed by atoms with Gasteiger partial charge in [-0.1, -0.05) is 18.2 Å². The van der Waals surface area contributed by atoms with Crippen LogP contribution in [0.4, 0.5) is 0 Å². The van der Waals surface area contributed by atoms with Crippen LogP contribution in [0.2, 0.25) is 0 Å². The first-order valence-electron chi connectivity index (χ1n) is 8.24. The molecule has 2 aromatic rings. The molecule has 2 heterocycles. The van der Waals surface area contributed by atoms with E-state index in [1.807, 2.05) is 0 Å². The van der Waals surface area contributed by atoms with E-state index in [0.717, 1.165) is 39.3 Å². The summed E-state index contributed by atoms with van der Waals surface area (Å²) in [5, 5.41) is 1.37. The summed E-state index contributed by atoms with van der Waals surface area (Å²) in [6, 6.07) is 8.64. The molecule has 126 valence electrons. The highest BCUT2D eigenvalue weighted by atomic mass is 16.7. The maximum atomic E-state index is 5.30. The van der Waals surface area contributed by atoms with Crippen LogP contribution in [0.1, 0.15) is 5.56 Å². The van der Waals surface area contributed by atoms with Gasteiger partial charge >= 0.3 is 0 Å². The number of piperazine rings is 1. The van der Waals surface area contributed by atoms with Crippen molar-refractivity contribution in [2.75, 3.05) is 46.9 Å². The van der Waals surface area contributed by atoms with Crippen LogP contribution in [0.25, 0.3) is 10.9 Å². The van der Waals surface area contributed by atoms with Gasteiger partial charge in [-0.3, -0.25) is 9.80 Å². The Balaban J connectivity index is 1.58. The van der Waals surface area contributed by atoms with E-state index in [1.165, 1.54) is 16.5 Å². The van der Waals surface area contributed by atoms with E-state index in [2.05, 4.69) is 51.9 Å². The fraction of sp³-hybridized carbons (Fsp3) is 0.556. The minimum Gasteiger partial charge on any atom is -0.355 e. The lowest BCUT2D eigenvalue weighted by molar-refractivity contribution is -0.119. The maximum absolute atomic E-state index is 5.30. The minimum atomic E-state index is -0.125. The lowest BCUT2D eigenvalue weighted by Crippen LogP contribution is -2.48. The van der Waals surface area contributed by atoms with Crippen LogP contribution in [0, 0.1) is 0 Å². The topological polar surface area (TPSA) is 29.9 Å². The second-order valence-corrected chi connectivity index (χ2v) is 6.26. The average molecular weight is 317 g/mol. The molecule has 0 N–H and O–H groups in total. The second-order valence-electron chi connectivity index (χ2n) is 6.26. The zero-order chi connectivity index (χ0) is 16.2. The Morgan fingerprint density at radius 1 is 1.00 bits per heavy atom. The Bertz CT molecular complexity index is 628. The van der Waals surface area contributed by atoms with Crippen LogP contribution in [0.3, 0.4) is 0 Å². The highest BCUT2D eigenvalue weighted by molar-refractivity contribution is 5.83. The number of benzene rings is 1. The molecule has 0 spiro atoms. The van der Waals surface area contributed by atoms with E-state index in [4.69, 9.17) is 9.47 Å². The summed E-state index contributed by atoms with van der Waals surface area (Å²) in [4.78, 5) is 4.95. The van der Waals surface area contributed by atoms with E-state index in [-0.39, 0.29) is 6.29 Å². The first-order valence-corrected chi connectivity index (χ1v) is 8.24. The van der Waals surface area contributed by atoms with Crippen molar-refractivity contribution < 1.29 is 9.47 Å². The number of para-hydroxylation sites is 1. The number of nitrogens with zero attached hydrogens (tertiary/aromatic N) is 3. The zero-order valence-electron chi connectivity index (χ0n) is 14.4. The van der Waals surface area contributed by atoms with Gasteiger partial charge in [0.25, 0.3) is 0 Å². The number of ether oxygens (including phenoxy) is 2. The van der Waals surface area contributed by atoms with E-state index < -0.39 is 0 Å². The molecule has 1 aliphatic heterocycles. The average Bonchev–Trinajstić information content (AvgIpc) is 2.90. The number of fused-ring (bicyclic) bond motifs is 1. The zero-order valence-corrected chi connectivity index (χ0v) is 14.4. The van der Waals surface area contributed by atoms with Gasteiger partial charge in [0.2, 0.25) is 0 Å². The number of rotatable bonds is 6. The Hall–Kier alpha value is -1.40. The van der Waals surface area contributed by atoms with Crippen molar-refractivity contribution in [3.8, 4) is 0 Å². The summed E-state index contributed by atoms with van der Waals surface area (Å²) in [6.45, 7) is 6.16. The monoisotopic (exact) mass is 317 g/mol. The SMILES string of the molecule is COC(CN1CCN(Cc2cn(C)c3ccccc23)CC1)OC. The summed E-state index contributed by atoms with van der Waals surface area (Å²) in [5.74, 6) is 0. The van der Waals surface area contributed by atoms with Crippen molar-refractivity contribution in [2.45, 2.75) is 12.8 Å². The summed E-state index contributed by atoms with van der Waals surface area (Å²) in [5.41, 5.74) is 2.73. The Kier molecular flexibility index (Phi) is 5.33. The third kappa shape index (κ3) is 3.75. The van der Waals surface area contributed by atoms with Crippen molar-refractivity contribution in [3.05, 3.63) is 36.0 Å². The van der Waals surface area contributed by atoms with Gasteiger partial charge < -0.3 is 14.0 Å². The van der Waals surface area contributed by atoms with Crippen molar-refractivity contribution in [1.82, 2.24) is 14.4 Å². The fourth-order valence-electron chi connectivity index (χ4n) is 3.38. The summed E-state index contributed by atoms with van der Waals surface area (Å²) < 4.78 is 12.8. The van der Waals surface area contributed by atoms with Crippen molar-refractivity contribution in [1.29, 1.82) is 0 Å². The molecule has 0 amide bonds. The summed E-state index contributed by atoms with van der Waals surface area (Å²) in [7, 11) is 5.52. The molecule has 0 atom stereocenters. The van der Waals surface area contributed by atoms with Gasteiger partial charge in [-0.15, -0.1) is 0 Å². The normalized spacial score (nSPS) is 17.4. The summed E-state index contributed by atoms with van der Waals surface area (Å²) in [6.07, 6.45) is 2.14. The molecule has 5 heteroatoms. The van der Waals surface area contributed by atoms with Gasteiger partial charge in [0.15, 0.2) is 6.29 Å². The molecule has 1 fully saturated rings. The number of methoxy groups -OCH3 is 2. The predicted molar refractivity (Wildman–Crippen MR) is 92.4 cm³/mol. The van der Waals surface area contributed by atoms with E-state index in [1.54, 1.807) is 14.2 Å². The third-order valence-electron chi connectivity index (χ3n) is 4.77. The molecule has 1 aliphatic rings. The highest BCUT2D eigenvalue weighted by Crippen LogP contribution is 2.22. The van der Waals surface area contributed by atoms with E-state index in [9.17, 15) is 0 Å². The Labute approximate surface area is 138 Å². The Morgan fingerprint density at radius 3 is 2.35 bits per heavy atom.